The number of hydrogen-bond donors (Lipinski definition) is 3. The Morgan fingerprint density at radius 2 is 1.72 bits per heavy atom. The normalized spacial score (nSPS) is 11.5. The highest BCUT2D eigenvalue weighted by atomic mass is 16.5. The Morgan fingerprint density at radius 1 is 1.00 bits per heavy atom. The number of aryl methyl sites for hydroxylation is 1. The number of amides is 2. The molecule has 0 radical (unpaired) electrons. The summed E-state index contributed by atoms with van der Waals surface area (Å²) in [5, 5.41) is 18.9. The average molecular weight is 527 g/mol. The molecule has 0 saturated carbocycles. The first-order chi connectivity index (χ1) is 18.7. The maximum absolute atomic E-state index is 13.3. The van der Waals surface area contributed by atoms with E-state index < -0.39 is 12.0 Å². The van der Waals surface area contributed by atoms with Gasteiger partial charge < -0.3 is 20.5 Å². The van der Waals surface area contributed by atoms with Gasteiger partial charge in [-0.1, -0.05) is 55.5 Å². The van der Waals surface area contributed by atoms with E-state index in [2.05, 4.69) is 15.7 Å². The summed E-state index contributed by atoms with van der Waals surface area (Å²) in [4.78, 5) is 36.8. The molecule has 0 spiro atoms. The highest BCUT2D eigenvalue weighted by Crippen LogP contribution is 2.30. The summed E-state index contributed by atoms with van der Waals surface area (Å²) in [6, 6.07) is 21.3. The summed E-state index contributed by atoms with van der Waals surface area (Å²) < 4.78 is 6.87. The van der Waals surface area contributed by atoms with Crippen molar-refractivity contribution in [2.75, 3.05) is 17.7 Å². The second-order valence-electron chi connectivity index (χ2n) is 9.26. The molecule has 1 atom stereocenters. The number of ether oxygens (including phenoxy) is 1. The molecule has 9 nitrogen and oxygen atoms in total. The first kappa shape index (κ1) is 27.1. The van der Waals surface area contributed by atoms with E-state index in [0.29, 0.717) is 28.3 Å². The topological polar surface area (TPSA) is 123 Å². The van der Waals surface area contributed by atoms with E-state index in [0.717, 1.165) is 16.7 Å². The number of para-hydroxylation sites is 1. The lowest BCUT2D eigenvalue weighted by Gasteiger charge is -2.14. The molecule has 0 aliphatic carbocycles. The van der Waals surface area contributed by atoms with Crippen LogP contribution in [0.1, 0.15) is 36.0 Å². The number of carbonyl (C=O) groups excluding carboxylic acids is 1. The lowest BCUT2D eigenvalue weighted by atomic mass is 9.97. The number of anilines is 2. The minimum atomic E-state index is -0.842. The van der Waals surface area contributed by atoms with E-state index in [-0.39, 0.29) is 24.4 Å². The number of urea groups is 1. The molecular weight excluding hydrogens is 496 g/mol. The maximum Gasteiger partial charge on any atom is 0.323 e. The number of methoxy groups -OCH3 is 1. The molecule has 200 valence electrons. The smallest absolute Gasteiger partial charge is 0.323 e. The van der Waals surface area contributed by atoms with Crippen LogP contribution in [0.25, 0.3) is 11.1 Å². The first-order valence-corrected chi connectivity index (χ1v) is 12.4. The lowest BCUT2D eigenvalue weighted by Crippen LogP contribution is -2.24. The molecule has 0 bridgehead atoms. The van der Waals surface area contributed by atoms with Crippen LogP contribution >= 0.6 is 0 Å². The third kappa shape index (κ3) is 6.70. The van der Waals surface area contributed by atoms with Crippen molar-refractivity contribution in [3.63, 3.8) is 0 Å². The molecule has 0 aliphatic heterocycles. The number of rotatable bonds is 9. The number of aromatic nitrogens is 2. The lowest BCUT2D eigenvalue weighted by molar-refractivity contribution is -0.137. The number of nitrogens with zero attached hydrogens (tertiary/aromatic N) is 2. The molecule has 1 aromatic heterocycles. The van der Waals surface area contributed by atoms with Crippen LogP contribution in [-0.2, 0) is 11.3 Å². The van der Waals surface area contributed by atoms with Gasteiger partial charge >= 0.3 is 12.0 Å². The largest absolute Gasteiger partial charge is 0.495 e. The van der Waals surface area contributed by atoms with Crippen molar-refractivity contribution < 1.29 is 19.4 Å². The fraction of sp³-hybridized carbons (Fsp3) is 0.200. The summed E-state index contributed by atoms with van der Waals surface area (Å²) in [5.74, 6) is -0.548. The molecule has 1 heterocycles. The van der Waals surface area contributed by atoms with Crippen molar-refractivity contribution in [2.45, 2.75) is 32.7 Å². The van der Waals surface area contributed by atoms with Gasteiger partial charge in [0.15, 0.2) is 0 Å². The summed E-state index contributed by atoms with van der Waals surface area (Å²) in [7, 11) is 1.50. The van der Waals surface area contributed by atoms with Crippen molar-refractivity contribution in [1.29, 1.82) is 0 Å². The monoisotopic (exact) mass is 526 g/mol. The SMILES string of the molecule is COc1cc(-c2ccnn(Cc3ccc([C@H](C)CC(=O)O)cc3)c2=O)ccc1NC(=O)Nc1ccccc1C. The van der Waals surface area contributed by atoms with Crippen LogP contribution in [0.2, 0.25) is 0 Å². The molecule has 4 aromatic rings. The predicted octanol–water partition coefficient (Wildman–Crippen LogP) is 5.50. The van der Waals surface area contributed by atoms with Gasteiger partial charge in [-0.25, -0.2) is 9.48 Å². The third-order valence-corrected chi connectivity index (χ3v) is 6.43. The van der Waals surface area contributed by atoms with Crippen molar-refractivity contribution in [3.8, 4) is 16.9 Å². The van der Waals surface area contributed by atoms with Crippen LogP contribution in [-0.4, -0.2) is 34.0 Å². The molecule has 2 amide bonds. The number of benzene rings is 3. The van der Waals surface area contributed by atoms with Gasteiger partial charge in [0.05, 0.1) is 31.3 Å². The van der Waals surface area contributed by atoms with E-state index >= 15 is 0 Å². The summed E-state index contributed by atoms with van der Waals surface area (Å²) in [6.07, 6.45) is 1.62. The second kappa shape index (κ2) is 12.1. The van der Waals surface area contributed by atoms with E-state index in [1.807, 2.05) is 62.4 Å². The molecule has 0 fully saturated rings. The van der Waals surface area contributed by atoms with Crippen LogP contribution in [0.15, 0.2) is 83.8 Å². The summed E-state index contributed by atoms with van der Waals surface area (Å²) >= 11 is 0. The molecule has 39 heavy (non-hydrogen) atoms. The number of carboxylic acids is 1. The van der Waals surface area contributed by atoms with Crippen LogP contribution < -0.4 is 20.9 Å². The van der Waals surface area contributed by atoms with Crippen LogP contribution in [0.4, 0.5) is 16.2 Å². The molecule has 9 heteroatoms. The Bertz CT molecular complexity index is 1550. The van der Waals surface area contributed by atoms with Crippen molar-refractivity contribution in [3.05, 3.63) is 106 Å². The molecular formula is C30H30N4O5. The average Bonchev–Trinajstić information content (AvgIpc) is 2.91. The number of aliphatic carboxylic acids is 1. The molecule has 3 aromatic carbocycles. The van der Waals surface area contributed by atoms with Crippen LogP contribution in [0.5, 0.6) is 5.75 Å². The number of hydrogen-bond acceptors (Lipinski definition) is 5. The quantitative estimate of drug-likeness (QED) is 0.265. The first-order valence-electron chi connectivity index (χ1n) is 12.4. The number of carboxylic acid groups (broad SMARTS) is 1. The van der Waals surface area contributed by atoms with Gasteiger partial charge in [-0.2, -0.15) is 5.10 Å². The van der Waals surface area contributed by atoms with Crippen LogP contribution in [0, 0.1) is 6.92 Å². The number of nitrogens with one attached hydrogen (secondary N) is 2. The summed E-state index contributed by atoms with van der Waals surface area (Å²) in [5.41, 5.74) is 4.66. The van der Waals surface area contributed by atoms with E-state index in [4.69, 9.17) is 9.84 Å². The van der Waals surface area contributed by atoms with Gasteiger partial charge in [0, 0.05) is 11.9 Å². The third-order valence-electron chi connectivity index (χ3n) is 6.43. The standard InChI is InChI=1S/C30H30N4O5/c1-19-6-4-5-7-25(19)32-30(38)33-26-13-12-23(17-27(26)39-3)24-14-15-31-34(29(24)37)18-21-8-10-22(11-9-21)20(2)16-28(35)36/h4-15,17,20H,16,18H2,1-3H3,(H,35,36)(H2,32,33,38)/t20-/m1/s1. The van der Waals surface area contributed by atoms with Crippen LogP contribution in [0.3, 0.4) is 0 Å². The Labute approximate surface area is 226 Å². The Balaban J connectivity index is 1.51. The van der Waals surface area contributed by atoms with Gasteiger partial charge in [0.1, 0.15) is 5.75 Å². The molecule has 0 unspecified atom stereocenters. The van der Waals surface area contributed by atoms with Gasteiger partial charge in [0.25, 0.3) is 5.56 Å². The maximum atomic E-state index is 13.3. The van der Waals surface area contributed by atoms with Crippen molar-refractivity contribution in [1.82, 2.24) is 9.78 Å². The molecule has 0 saturated heterocycles. The predicted molar refractivity (Wildman–Crippen MR) is 151 cm³/mol. The second-order valence-corrected chi connectivity index (χ2v) is 9.26. The highest BCUT2D eigenvalue weighted by molar-refractivity contribution is 6.01. The van der Waals surface area contributed by atoms with Gasteiger partial charge in [-0.05, 0) is 59.4 Å². The van der Waals surface area contributed by atoms with E-state index in [1.54, 1.807) is 30.5 Å². The van der Waals surface area contributed by atoms with Gasteiger partial charge in [0.2, 0.25) is 0 Å². The van der Waals surface area contributed by atoms with Gasteiger partial charge in [-0.3, -0.25) is 9.59 Å². The Kier molecular flexibility index (Phi) is 8.40. The Morgan fingerprint density at radius 3 is 2.41 bits per heavy atom. The number of carbonyl (C=O) groups is 2. The fourth-order valence-corrected chi connectivity index (χ4v) is 4.24. The molecule has 3 N–H and O–H groups in total. The minimum Gasteiger partial charge on any atom is -0.495 e. The zero-order valence-electron chi connectivity index (χ0n) is 22.0. The van der Waals surface area contributed by atoms with E-state index in [9.17, 15) is 14.4 Å². The molecule has 4 rings (SSSR count). The van der Waals surface area contributed by atoms with Crippen molar-refractivity contribution >= 4 is 23.4 Å². The summed E-state index contributed by atoms with van der Waals surface area (Å²) in [6.45, 7) is 4.03. The van der Waals surface area contributed by atoms with Gasteiger partial charge in [-0.15, -0.1) is 0 Å². The highest BCUT2D eigenvalue weighted by Gasteiger charge is 2.14. The zero-order valence-corrected chi connectivity index (χ0v) is 22.0. The molecule has 0 aliphatic rings. The minimum absolute atomic E-state index is 0.0531. The zero-order chi connectivity index (χ0) is 27.9. The van der Waals surface area contributed by atoms with E-state index in [1.165, 1.54) is 11.8 Å². The fourth-order valence-electron chi connectivity index (χ4n) is 4.24. The van der Waals surface area contributed by atoms with Crippen molar-refractivity contribution in [2.24, 2.45) is 0 Å². The Hall–Kier alpha value is -4.92.